The number of esters is 4. The summed E-state index contributed by atoms with van der Waals surface area (Å²) in [4.78, 5) is 73.2. The average Bonchev–Trinajstić information content (AvgIpc) is 0.901. The monoisotopic (exact) mass is 1560 g/mol. The van der Waals surface area contributed by atoms with Gasteiger partial charge in [-0.1, -0.05) is 432 Å². The minimum atomic E-state index is -4.97. The first kappa shape index (κ1) is 105. The van der Waals surface area contributed by atoms with Crippen LogP contribution in [0.3, 0.4) is 0 Å². The fraction of sp³-hybridized carbons (Fsp3) is 0.955. The van der Waals surface area contributed by atoms with Gasteiger partial charge in [0.05, 0.1) is 26.4 Å². The minimum Gasteiger partial charge on any atom is -0.462 e. The maximum absolute atomic E-state index is 13.2. The Kier molecular flexibility index (Phi) is 80.6. The van der Waals surface area contributed by atoms with Crippen LogP contribution in [0, 0.1) is 0 Å². The molecule has 0 aromatic heterocycles. The zero-order chi connectivity index (χ0) is 78.1. The highest BCUT2D eigenvalue weighted by atomic mass is 31.2. The topological polar surface area (TPSA) is 237 Å². The molecule has 636 valence electrons. The van der Waals surface area contributed by atoms with Crippen molar-refractivity contribution in [2.75, 3.05) is 39.6 Å². The van der Waals surface area contributed by atoms with Gasteiger partial charge in [-0.05, 0) is 25.7 Å². The first-order valence-corrected chi connectivity index (χ1v) is 48.8. The number of ether oxygens (including phenoxy) is 4. The largest absolute Gasteiger partial charge is 0.472 e. The molecule has 0 radical (unpaired) electrons. The number of unbranched alkanes of at least 4 members (excludes halogenated alkanes) is 63. The lowest BCUT2D eigenvalue weighted by molar-refractivity contribution is -0.161. The molecule has 0 fully saturated rings. The van der Waals surface area contributed by atoms with Crippen LogP contribution in [0.1, 0.15) is 484 Å². The Morgan fingerprint density at radius 3 is 0.551 bits per heavy atom. The molecule has 0 bridgehead atoms. The number of aliphatic hydroxyl groups is 1. The average molecular weight is 1560 g/mol. The molecule has 0 saturated carbocycles. The predicted molar refractivity (Wildman–Crippen MR) is 442 cm³/mol. The van der Waals surface area contributed by atoms with Crippen molar-refractivity contribution in [1.29, 1.82) is 0 Å². The van der Waals surface area contributed by atoms with Crippen molar-refractivity contribution in [2.24, 2.45) is 0 Å². The molecule has 0 amide bonds. The van der Waals surface area contributed by atoms with E-state index in [1.807, 2.05) is 0 Å². The number of carbonyl (C=O) groups is 4. The quantitative estimate of drug-likeness (QED) is 0.0222. The van der Waals surface area contributed by atoms with Crippen LogP contribution in [0.2, 0.25) is 0 Å². The zero-order valence-corrected chi connectivity index (χ0v) is 71.9. The number of hydrogen-bond acceptors (Lipinski definition) is 15. The van der Waals surface area contributed by atoms with Crippen molar-refractivity contribution < 1.29 is 80.2 Å². The van der Waals surface area contributed by atoms with Gasteiger partial charge in [0.15, 0.2) is 12.2 Å². The SMILES string of the molecule is CCCCCCCCCCCCCCCCCCCCCCCC(=O)OC[C@H](COP(=O)(O)OC[C@@H](O)COP(=O)(O)OC[C@@H](COC(=O)CCCCCCCCCCCC)OC(=O)CCCCCCCCCCCCCCCCC)OC(=O)CCCCCCCCCCCCCCCCCCCCCCC. The van der Waals surface area contributed by atoms with Crippen LogP contribution >= 0.6 is 15.6 Å². The van der Waals surface area contributed by atoms with Gasteiger partial charge in [-0.3, -0.25) is 37.3 Å². The van der Waals surface area contributed by atoms with E-state index in [0.29, 0.717) is 25.7 Å². The lowest BCUT2D eigenvalue weighted by atomic mass is 10.0. The van der Waals surface area contributed by atoms with Crippen LogP contribution in [-0.2, 0) is 65.4 Å². The van der Waals surface area contributed by atoms with E-state index in [1.165, 1.54) is 315 Å². The lowest BCUT2D eigenvalue weighted by Crippen LogP contribution is -2.30. The fourth-order valence-electron chi connectivity index (χ4n) is 13.9. The van der Waals surface area contributed by atoms with E-state index in [4.69, 9.17) is 37.0 Å². The molecule has 0 spiro atoms. The van der Waals surface area contributed by atoms with Crippen LogP contribution < -0.4 is 0 Å². The van der Waals surface area contributed by atoms with Crippen molar-refractivity contribution in [3.63, 3.8) is 0 Å². The Balaban J connectivity index is 5.20. The Labute approximate surface area is 658 Å². The molecule has 5 atom stereocenters. The summed E-state index contributed by atoms with van der Waals surface area (Å²) >= 11 is 0. The van der Waals surface area contributed by atoms with Crippen LogP contribution in [-0.4, -0.2) is 96.7 Å². The molecule has 0 aromatic carbocycles. The maximum Gasteiger partial charge on any atom is 0.472 e. The van der Waals surface area contributed by atoms with Crippen LogP contribution in [0.25, 0.3) is 0 Å². The van der Waals surface area contributed by atoms with E-state index in [0.717, 1.165) is 89.9 Å². The summed E-state index contributed by atoms with van der Waals surface area (Å²) < 4.78 is 68.9. The number of hydrogen-bond donors (Lipinski definition) is 3. The Morgan fingerprint density at radius 2 is 0.374 bits per heavy atom. The second kappa shape index (κ2) is 82.1. The second-order valence-electron chi connectivity index (χ2n) is 31.6. The molecule has 0 heterocycles. The molecule has 17 nitrogen and oxygen atoms in total. The van der Waals surface area contributed by atoms with Crippen molar-refractivity contribution in [3.05, 3.63) is 0 Å². The summed E-state index contributed by atoms with van der Waals surface area (Å²) in [7, 11) is -9.93. The van der Waals surface area contributed by atoms with Crippen molar-refractivity contribution >= 4 is 39.5 Å². The molecular weight excluding hydrogens is 1390 g/mol. The van der Waals surface area contributed by atoms with Gasteiger partial charge in [0, 0.05) is 25.7 Å². The van der Waals surface area contributed by atoms with E-state index in [-0.39, 0.29) is 25.7 Å². The second-order valence-corrected chi connectivity index (χ2v) is 34.5. The molecule has 3 N–H and O–H groups in total. The fourth-order valence-corrected chi connectivity index (χ4v) is 15.5. The van der Waals surface area contributed by atoms with Gasteiger partial charge in [0.25, 0.3) is 0 Å². The third-order valence-electron chi connectivity index (χ3n) is 20.9. The van der Waals surface area contributed by atoms with Crippen LogP contribution in [0.5, 0.6) is 0 Å². The maximum atomic E-state index is 13.2. The number of phosphoric ester groups is 2. The zero-order valence-electron chi connectivity index (χ0n) is 70.1. The number of aliphatic hydroxyl groups excluding tert-OH is 1. The summed E-state index contributed by atoms with van der Waals surface area (Å²) in [5.74, 6) is -2.10. The Hall–Kier alpha value is -1.94. The summed E-state index contributed by atoms with van der Waals surface area (Å²) in [6, 6.07) is 0. The Bertz CT molecular complexity index is 2020. The molecule has 19 heteroatoms. The molecular formula is C88H172O17P2. The van der Waals surface area contributed by atoms with Crippen LogP contribution in [0.4, 0.5) is 0 Å². The highest BCUT2D eigenvalue weighted by Gasteiger charge is 2.30. The van der Waals surface area contributed by atoms with Gasteiger partial charge in [0.1, 0.15) is 19.3 Å². The normalized spacial score (nSPS) is 13.7. The predicted octanol–water partition coefficient (Wildman–Crippen LogP) is 27.3. The molecule has 0 saturated heterocycles. The molecule has 0 aliphatic heterocycles. The standard InChI is InChI=1S/C88H172O17P2/c1-5-9-13-17-21-25-29-32-35-37-39-41-43-45-48-50-53-57-61-65-69-73-86(91)99-79-84(105-88(93)75-71-67-63-59-55-52-49-46-44-42-40-38-36-33-30-26-22-18-14-10-6-2)81-103-107(96,97)101-77-82(89)76-100-106(94,95)102-80-83(78-98-85(90)72-68-64-60-56-28-24-20-16-12-8-4)104-87(92)74-70-66-62-58-54-51-47-34-31-27-23-19-15-11-7-3/h82-84,89H,5-81H2,1-4H3,(H,94,95)(H,96,97)/t82-,83+,84+/m0/s1. The third kappa shape index (κ3) is 81.9. The van der Waals surface area contributed by atoms with Gasteiger partial charge < -0.3 is 33.8 Å². The van der Waals surface area contributed by atoms with E-state index in [9.17, 15) is 43.2 Å². The number of rotatable bonds is 89. The van der Waals surface area contributed by atoms with Crippen molar-refractivity contribution in [3.8, 4) is 0 Å². The molecule has 0 aliphatic carbocycles. The number of phosphoric acid groups is 2. The van der Waals surface area contributed by atoms with Crippen molar-refractivity contribution in [2.45, 2.75) is 502 Å². The van der Waals surface area contributed by atoms with Gasteiger partial charge >= 0.3 is 39.5 Å². The van der Waals surface area contributed by atoms with E-state index >= 15 is 0 Å². The molecule has 107 heavy (non-hydrogen) atoms. The highest BCUT2D eigenvalue weighted by molar-refractivity contribution is 7.47. The molecule has 0 rings (SSSR count). The lowest BCUT2D eigenvalue weighted by Gasteiger charge is -2.21. The first-order chi connectivity index (χ1) is 52.2. The van der Waals surface area contributed by atoms with Crippen LogP contribution in [0.15, 0.2) is 0 Å². The highest BCUT2D eigenvalue weighted by Crippen LogP contribution is 2.45. The summed E-state index contributed by atoms with van der Waals surface area (Å²) in [6.07, 6.45) is 77.9. The van der Waals surface area contributed by atoms with Crippen molar-refractivity contribution in [1.82, 2.24) is 0 Å². The molecule has 0 aliphatic rings. The Morgan fingerprint density at radius 1 is 0.224 bits per heavy atom. The number of carbonyl (C=O) groups excluding carboxylic acids is 4. The summed E-state index contributed by atoms with van der Waals surface area (Å²) in [6.45, 7) is 5.06. The van der Waals surface area contributed by atoms with Gasteiger partial charge in [-0.2, -0.15) is 0 Å². The van der Waals surface area contributed by atoms with Gasteiger partial charge in [-0.15, -0.1) is 0 Å². The third-order valence-corrected chi connectivity index (χ3v) is 22.8. The molecule has 0 aromatic rings. The van der Waals surface area contributed by atoms with Gasteiger partial charge in [-0.25, -0.2) is 9.13 Å². The van der Waals surface area contributed by atoms with Gasteiger partial charge in [0.2, 0.25) is 0 Å². The summed E-state index contributed by atoms with van der Waals surface area (Å²) in [5.41, 5.74) is 0. The van der Waals surface area contributed by atoms with E-state index < -0.39 is 97.5 Å². The summed E-state index contributed by atoms with van der Waals surface area (Å²) in [5, 5.41) is 10.7. The van der Waals surface area contributed by atoms with E-state index in [2.05, 4.69) is 27.7 Å². The van der Waals surface area contributed by atoms with E-state index in [1.54, 1.807) is 0 Å². The smallest absolute Gasteiger partial charge is 0.462 e. The molecule has 2 unspecified atom stereocenters. The minimum absolute atomic E-state index is 0.109. The first-order valence-electron chi connectivity index (χ1n) is 45.8.